The summed E-state index contributed by atoms with van der Waals surface area (Å²) in [7, 11) is 0. The van der Waals surface area contributed by atoms with E-state index in [1.54, 1.807) is 44.2 Å². The third-order valence-corrected chi connectivity index (χ3v) is 5.09. The van der Waals surface area contributed by atoms with Crippen molar-refractivity contribution in [3.05, 3.63) is 81.5 Å². The highest BCUT2D eigenvalue weighted by atomic mass is 16.5. The number of hydrogen-bond donors (Lipinski definition) is 0. The molecule has 2 heterocycles. The van der Waals surface area contributed by atoms with Crippen LogP contribution in [0.1, 0.15) is 55.9 Å². The van der Waals surface area contributed by atoms with Crippen LogP contribution in [0.25, 0.3) is 6.08 Å². The fourth-order valence-corrected chi connectivity index (χ4v) is 3.00. The van der Waals surface area contributed by atoms with Crippen LogP contribution >= 0.6 is 0 Å². The van der Waals surface area contributed by atoms with Gasteiger partial charge in [0.2, 0.25) is 0 Å². The van der Waals surface area contributed by atoms with E-state index < -0.39 is 11.9 Å². The fraction of sp³-hybridized carbons (Fsp3) is 0.280. The molecule has 0 saturated carbocycles. The van der Waals surface area contributed by atoms with Crippen molar-refractivity contribution in [2.24, 2.45) is 0 Å². The van der Waals surface area contributed by atoms with Crippen LogP contribution in [-0.2, 0) is 16.1 Å². The third kappa shape index (κ3) is 6.06. The van der Waals surface area contributed by atoms with Gasteiger partial charge in [-0.2, -0.15) is 0 Å². The predicted octanol–water partition coefficient (Wildman–Crippen LogP) is 4.09. The molecule has 8 nitrogen and oxygen atoms in total. The summed E-state index contributed by atoms with van der Waals surface area (Å²) in [6, 6.07) is 6.80. The monoisotopic (exact) mass is 446 g/mol. The van der Waals surface area contributed by atoms with Crippen LogP contribution in [0.2, 0.25) is 0 Å². The lowest BCUT2D eigenvalue weighted by Crippen LogP contribution is -2.15. The Morgan fingerprint density at radius 2 is 1.45 bits per heavy atom. The van der Waals surface area contributed by atoms with E-state index in [9.17, 15) is 9.59 Å². The summed E-state index contributed by atoms with van der Waals surface area (Å²) in [6.07, 6.45) is 2.89. The van der Waals surface area contributed by atoms with E-state index in [0.29, 0.717) is 28.4 Å². The Labute approximate surface area is 192 Å². The largest absolute Gasteiger partial charge is 0.456 e. The highest BCUT2D eigenvalue weighted by molar-refractivity contribution is 5.90. The lowest BCUT2D eigenvalue weighted by atomic mass is 10.2. The smallest absolute Gasteiger partial charge is 0.364 e. The number of aromatic nitrogens is 4. The number of ether oxygens (including phenoxy) is 2. The first kappa shape index (κ1) is 23.7. The van der Waals surface area contributed by atoms with E-state index in [0.717, 1.165) is 22.8 Å². The summed E-state index contributed by atoms with van der Waals surface area (Å²) in [5.74, 6) is -0.776. The Kier molecular flexibility index (Phi) is 7.27. The Bertz CT molecular complexity index is 1250. The molecule has 0 spiro atoms. The molecule has 3 rings (SSSR count). The van der Waals surface area contributed by atoms with Crippen LogP contribution in [0.15, 0.2) is 30.3 Å². The minimum absolute atomic E-state index is 0.0388. The number of nitrogens with zero attached hydrogens (tertiary/aromatic N) is 4. The molecule has 2 aromatic heterocycles. The van der Waals surface area contributed by atoms with Gasteiger partial charge in [-0.25, -0.2) is 14.6 Å². The molecular formula is C25H26N4O4. The van der Waals surface area contributed by atoms with Gasteiger partial charge >= 0.3 is 11.9 Å². The van der Waals surface area contributed by atoms with Crippen molar-refractivity contribution in [2.45, 2.75) is 48.1 Å². The first-order chi connectivity index (χ1) is 15.6. The standard InChI is InChI=1S/C25H26N4O4/c1-14-16(3)28-22(18(5)26-14)13-32-23(30)11-10-20-8-7-9-21(12-20)33-25(31)24-19(6)27-15(2)17(4)29-24/h7-12H,13H2,1-6H3/b11-10+. The van der Waals surface area contributed by atoms with Gasteiger partial charge in [0.05, 0.1) is 39.9 Å². The topological polar surface area (TPSA) is 104 Å². The highest BCUT2D eigenvalue weighted by Crippen LogP contribution is 2.17. The molecule has 0 N–H and O–H groups in total. The zero-order valence-corrected chi connectivity index (χ0v) is 19.6. The molecule has 0 amide bonds. The predicted molar refractivity (Wildman–Crippen MR) is 123 cm³/mol. The van der Waals surface area contributed by atoms with E-state index >= 15 is 0 Å². The van der Waals surface area contributed by atoms with Gasteiger partial charge in [-0.1, -0.05) is 12.1 Å². The SMILES string of the molecule is Cc1nc(C)c(COC(=O)/C=C/c2cccc(OC(=O)c3nc(C)c(C)nc3C)c2)nc1C. The number of aryl methyl sites for hydroxylation is 6. The molecule has 0 radical (unpaired) electrons. The van der Waals surface area contributed by atoms with Crippen molar-refractivity contribution in [3.63, 3.8) is 0 Å². The molecule has 0 atom stereocenters. The molecule has 3 aromatic rings. The second-order valence-corrected chi connectivity index (χ2v) is 7.66. The van der Waals surface area contributed by atoms with Gasteiger partial charge in [0.1, 0.15) is 12.4 Å². The summed E-state index contributed by atoms with van der Waals surface area (Å²) in [4.78, 5) is 42.1. The van der Waals surface area contributed by atoms with Gasteiger partial charge in [0.15, 0.2) is 5.69 Å². The number of hydrogen-bond acceptors (Lipinski definition) is 8. The molecule has 170 valence electrons. The molecule has 0 aliphatic carbocycles. The zero-order valence-electron chi connectivity index (χ0n) is 19.6. The Hall–Kier alpha value is -3.94. The second-order valence-electron chi connectivity index (χ2n) is 7.66. The van der Waals surface area contributed by atoms with E-state index in [4.69, 9.17) is 9.47 Å². The van der Waals surface area contributed by atoms with Gasteiger partial charge in [-0.3, -0.25) is 15.0 Å². The first-order valence-electron chi connectivity index (χ1n) is 10.4. The Morgan fingerprint density at radius 1 is 0.818 bits per heavy atom. The molecule has 0 aliphatic rings. The van der Waals surface area contributed by atoms with Crippen LogP contribution in [0.5, 0.6) is 5.75 Å². The van der Waals surface area contributed by atoms with Crippen molar-refractivity contribution in [2.75, 3.05) is 0 Å². The van der Waals surface area contributed by atoms with E-state index in [2.05, 4.69) is 19.9 Å². The van der Waals surface area contributed by atoms with Crippen molar-refractivity contribution >= 4 is 18.0 Å². The maximum Gasteiger partial charge on any atom is 0.364 e. The molecule has 33 heavy (non-hydrogen) atoms. The van der Waals surface area contributed by atoms with Crippen LogP contribution in [-0.4, -0.2) is 31.9 Å². The summed E-state index contributed by atoms with van der Waals surface area (Å²) in [6.45, 7) is 11.0. The molecule has 0 fully saturated rings. The fourth-order valence-electron chi connectivity index (χ4n) is 3.00. The van der Waals surface area contributed by atoms with Crippen molar-refractivity contribution in [3.8, 4) is 5.75 Å². The summed E-state index contributed by atoms with van der Waals surface area (Å²) < 4.78 is 10.7. The molecule has 0 aliphatic heterocycles. The summed E-state index contributed by atoms with van der Waals surface area (Å²) in [5, 5.41) is 0. The maximum absolute atomic E-state index is 12.5. The van der Waals surface area contributed by atoms with Crippen molar-refractivity contribution in [1.29, 1.82) is 0 Å². The lowest BCUT2D eigenvalue weighted by Gasteiger charge is -2.08. The van der Waals surface area contributed by atoms with E-state index in [-0.39, 0.29) is 12.3 Å². The molecule has 0 bridgehead atoms. The first-order valence-corrected chi connectivity index (χ1v) is 10.4. The maximum atomic E-state index is 12.5. The molecule has 8 heteroatoms. The zero-order chi connectivity index (χ0) is 24.1. The van der Waals surface area contributed by atoms with E-state index in [1.807, 2.05) is 27.7 Å². The van der Waals surface area contributed by atoms with Gasteiger partial charge in [0, 0.05) is 6.08 Å². The Morgan fingerprint density at radius 3 is 2.18 bits per heavy atom. The minimum Gasteiger partial charge on any atom is -0.456 e. The van der Waals surface area contributed by atoms with Crippen LogP contribution in [0, 0.1) is 41.5 Å². The second kappa shape index (κ2) is 10.1. The van der Waals surface area contributed by atoms with Crippen LogP contribution < -0.4 is 4.74 Å². The van der Waals surface area contributed by atoms with Gasteiger partial charge < -0.3 is 9.47 Å². The Balaban J connectivity index is 1.63. The summed E-state index contributed by atoms with van der Waals surface area (Å²) >= 11 is 0. The average Bonchev–Trinajstić information content (AvgIpc) is 2.76. The lowest BCUT2D eigenvalue weighted by molar-refractivity contribution is -0.139. The van der Waals surface area contributed by atoms with Crippen LogP contribution in [0.4, 0.5) is 0 Å². The van der Waals surface area contributed by atoms with Crippen molar-refractivity contribution in [1.82, 2.24) is 19.9 Å². The van der Waals surface area contributed by atoms with E-state index in [1.165, 1.54) is 6.08 Å². The molecule has 0 unspecified atom stereocenters. The normalized spacial score (nSPS) is 11.0. The average molecular weight is 447 g/mol. The molecule has 1 aromatic carbocycles. The van der Waals surface area contributed by atoms with Gasteiger partial charge in [-0.05, 0) is 65.3 Å². The van der Waals surface area contributed by atoms with Crippen LogP contribution in [0.3, 0.4) is 0 Å². The number of benzene rings is 1. The highest BCUT2D eigenvalue weighted by Gasteiger charge is 2.16. The molecular weight excluding hydrogens is 420 g/mol. The minimum atomic E-state index is -0.589. The quantitative estimate of drug-likeness (QED) is 0.317. The molecule has 0 saturated heterocycles. The van der Waals surface area contributed by atoms with Crippen molar-refractivity contribution < 1.29 is 19.1 Å². The van der Waals surface area contributed by atoms with Gasteiger partial charge in [0.25, 0.3) is 0 Å². The summed E-state index contributed by atoms with van der Waals surface area (Å²) in [5.41, 5.74) is 5.79. The number of rotatable bonds is 6. The third-order valence-electron chi connectivity index (χ3n) is 5.09. The van der Waals surface area contributed by atoms with Gasteiger partial charge in [-0.15, -0.1) is 0 Å². The number of esters is 2. The number of carbonyl (C=O) groups excluding carboxylic acids is 2. The number of carbonyl (C=O) groups is 2.